The summed E-state index contributed by atoms with van der Waals surface area (Å²) in [6, 6.07) is 9.17. The second kappa shape index (κ2) is 10.1. The summed E-state index contributed by atoms with van der Waals surface area (Å²) < 4.78 is 62.9. The molecule has 1 N–H and O–H groups in total. The van der Waals surface area contributed by atoms with Crippen molar-refractivity contribution in [1.82, 2.24) is 14.6 Å². The van der Waals surface area contributed by atoms with Crippen molar-refractivity contribution in [2.75, 3.05) is 25.5 Å². The summed E-state index contributed by atoms with van der Waals surface area (Å²) in [7, 11) is -3.54. The lowest BCUT2D eigenvalue weighted by molar-refractivity contribution is -0.191. The number of benzene rings is 1. The molecule has 3 heterocycles. The fourth-order valence-corrected chi connectivity index (χ4v) is 5.61. The van der Waals surface area contributed by atoms with Gasteiger partial charge in [-0.2, -0.15) is 8.78 Å². The molecule has 0 saturated carbocycles. The first-order valence-electron chi connectivity index (χ1n) is 11.6. The Kier molecular flexibility index (Phi) is 7.43. The summed E-state index contributed by atoms with van der Waals surface area (Å²) >= 11 is 0. The molecule has 1 aromatic heterocycles. The first-order valence-corrected chi connectivity index (χ1v) is 13.2. The van der Waals surface area contributed by atoms with Gasteiger partial charge in [-0.25, -0.2) is 18.0 Å². The average Bonchev–Trinajstić information content (AvgIpc) is 3.18. The maximum atomic E-state index is 15.2. The predicted octanol–water partition coefficient (Wildman–Crippen LogP) is 3.62. The van der Waals surface area contributed by atoms with Gasteiger partial charge in [0.1, 0.15) is 6.61 Å². The Hall–Kier alpha value is -1.94. The van der Waals surface area contributed by atoms with Gasteiger partial charge in [0.2, 0.25) is 10.0 Å². The fraction of sp³-hybridized carbons (Fsp3) is 0.542. The van der Waals surface area contributed by atoms with Crippen LogP contribution in [0.25, 0.3) is 11.3 Å². The minimum absolute atomic E-state index is 0.0838. The topological polar surface area (TPSA) is 71.5 Å². The number of hydrogen-bond acceptors (Lipinski definition) is 5. The Morgan fingerprint density at radius 3 is 2.82 bits per heavy atom. The van der Waals surface area contributed by atoms with E-state index in [-0.39, 0.29) is 25.3 Å². The highest BCUT2D eigenvalue weighted by Gasteiger charge is 2.48. The van der Waals surface area contributed by atoms with Crippen molar-refractivity contribution in [3.05, 3.63) is 53.7 Å². The van der Waals surface area contributed by atoms with E-state index in [1.54, 1.807) is 0 Å². The van der Waals surface area contributed by atoms with Crippen LogP contribution in [0.1, 0.15) is 37.4 Å². The monoisotopic (exact) mass is 479 g/mol. The maximum absolute atomic E-state index is 15.2. The van der Waals surface area contributed by atoms with Crippen molar-refractivity contribution in [2.45, 2.75) is 57.2 Å². The second-order valence-corrected chi connectivity index (χ2v) is 10.8. The normalized spacial score (nSPS) is 24.3. The Balaban J connectivity index is 1.71. The van der Waals surface area contributed by atoms with E-state index in [9.17, 15) is 8.42 Å². The largest absolute Gasteiger partial charge is 0.374 e. The van der Waals surface area contributed by atoms with E-state index in [2.05, 4.69) is 10.8 Å². The minimum atomic E-state index is -3.54. The van der Waals surface area contributed by atoms with Gasteiger partial charge in [-0.05, 0) is 50.3 Å². The summed E-state index contributed by atoms with van der Waals surface area (Å²) in [4.78, 5) is 5.90. The number of nitrogens with one attached hydrogen (secondary N) is 1. The van der Waals surface area contributed by atoms with Crippen molar-refractivity contribution < 1.29 is 21.9 Å². The molecule has 33 heavy (non-hydrogen) atoms. The molecule has 2 aliphatic heterocycles. The molecule has 1 saturated heterocycles. The lowest BCUT2D eigenvalue weighted by Gasteiger charge is -2.34. The number of alkyl halides is 2. The van der Waals surface area contributed by atoms with Gasteiger partial charge in [0.05, 0.1) is 11.4 Å². The van der Waals surface area contributed by atoms with Crippen molar-refractivity contribution in [2.24, 2.45) is 0 Å². The van der Waals surface area contributed by atoms with E-state index in [0.717, 1.165) is 29.0 Å². The van der Waals surface area contributed by atoms with Crippen LogP contribution in [-0.2, 0) is 27.6 Å². The summed E-state index contributed by atoms with van der Waals surface area (Å²) in [5, 5.41) is 0. The van der Waals surface area contributed by atoms with Crippen LogP contribution in [0.5, 0.6) is 0 Å². The molecule has 2 bridgehead atoms. The van der Waals surface area contributed by atoms with Crippen LogP contribution in [-0.4, -0.2) is 61.9 Å². The van der Waals surface area contributed by atoms with Gasteiger partial charge in [-0.15, -0.1) is 0 Å². The van der Waals surface area contributed by atoms with Crippen molar-refractivity contribution >= 4 is 10.0 Å². The van der Waals surface area contributed by atoms with Crippen LogP contribution in [0.2, 0.25) is 0 Å². The molecule has 2 atom stereocenters. The van der Waals surface area contributed by atoms with Gasteiger partial charge in [0.15, 0.2) is 0 Å². The maximum Gasteiger partial charge on any atom is 0.328 e. The number of ether oxygens (including phenoxy) is 1. The SMILES string of the molecule is CCS(=O)(=O)NC1CCN2C1Cc1cccc(n1)-c1ccccc1CCCCOCC2(F)F. The summed E-state index contributed by atoms with van der Waals surface area (Å²) in [5.41, 5.74) is 3.66. The smallest absolute Gasteiger partial charge is 0.328 e. The van der Waals surface area contributed by atoms with Crippen molar-refractivity contribution in [3.8, 4) is 11.3 Å². The highest BCUT2D eigenvalue weighted by molar-refractivity contribution is 7.89. The summed E-state index contributed by atoms with van der Waals surface area (Å²) in [5.74, 6) is -0.0970. The van der Waals surface area contributed by atoms with Gasteiger partial charge < -0.3 is 4.74 Å². The lowest BCUT2D eigenvalue weighted by atomic mass is 9.98. The van der Waals surface area contributed by atoms with E-state index < -0.39 is 34.8 Å². The fourth-order valence-electron chi connectivity index (χ4n) is 4.71. The van der Waals surface area contributed by atoms with Gasteiger partial charge in [-0.3, -0.25) is 4.98 Å². The molecule has 2 unspecified atom stereocenters. The molecule has 4 rings (SSSR count). The Labute approximate surface area is 194 Å². The third-order valence-electron chi connectivity index (χ3n) is 6.46. The molecule has 1 fully saturated rings. The molecule has 0 amide bonds. The standard InChI is InChI=1S/C24H31F2N3O3S/c1-2-33(30,31)28-22-13-14-29-23(22)16-19-10-7-12-21(27-19)20-11-4-3-8-18(20)9-5-6-15-32-17-24(29,25)26/h3-4,7-8,10-12,22-23,28H,2,5-6,9,13-17H2,1H3. The third-order valence-corrected chi connectivity index (χ3v) is 7.88. The molecule has 9 heteroatoms. The van der Waals surface area contributed by atoms with E-state index in [4.69, 9.17) is 9.72 Å². The predicted molar refractivity (Wildman–Crippen MR) is 124 cm³/mol. The van der Waals surface area contributed by atoms with Gasteiger partial charge in [0, 0.05) is 42.9 Å². The number of hydrogen-bond donors (Lipinski definition) is 1. The third kappa shape index (κ3) is 5.77. The van der Waals surface area contributed by atoms with Crippen LogP contribution in [0.4, 0.5) is 8.78 Å². The first kappa shape index (κ1) is 24.2. The molecule has 6 nitrogen and oxygen atoms in total. The van der Waals surface area contributed by atoms with Gasteiger partial charge in [0.25, 0.3) is 0 Å². The van der Waals surface area contributed by atoms with E-state index >= 15 is 8.78 Å². The Morgan fingerprint density at radius 1 is 1.18 bits per heavy atom. The number of nitrogens with zero attached hydrogens (tertiary/aromatic N) is 2. The van der Waals surface area contributed by atoms with E-state index in [0.29, 0.717) is 18.5 Å². The molecule has 0 radical (unpaired) electrons. The number of pyridine rings is 1. The van der Waals surface area contributed by atoms with E-state index in [1.165, 1.54) is 12.5 Å². The molecule has 0 spiro atoms. The molecule has 180 valence electrons. The van der Waals surface area contributed by atoms with Crippen molar-refractivity contribution in [3.63, 3.8) is 0 Å². The number of halogens is 2. The van der Waals surface area contributed by atoms with Crippen LogP contribution in [0.15, 0.2) is 42.5 Å². The zero-order chi connectivity index (χ0) is 23.5. The zero-order valence-corrected chi connectivity index (χ0v) is 19.7. The number of sulfonamides is 1. The van der Waals surface area contributed by atoms with Gasteiger partial charge in [-0.1, -0.05) is 30.3 Å². The summed E-state index contributed by atoms with van der Waals surface area (Å²) in [6.07, 6.45) is 2.84. The zero-order valence-electron chi connectivity index (χ0n) is 18.8. The molecule has 0 aliphatic carbocycles. The Morgan fingerprint density at radius 2 is 2.00 bits per heavy atom. The summed E-state index contributed by atoms with van der Waals surface area (Å²) in [6.45, 7) is 1.17. The van der Waals surface area contributed by atoms with Gasteiger partial charge >= 0.3 is 6.05 Å². The molecule has 2 aromatic rings. The molecule has 2 aliphatic rings. The number of aromatic nitrogens is 1. The second-order valence-electron chi connectivity index (χ2n) is 8.73. The lowest BCUT2D eigenvalue weighted by Crippen LogP contribution is -2.53. The average molecular weight is 480 g/mol. The molecular formula is C24H31F2N3O3S. The van der Waals surface area contributed by atoms with Crippen LogP contribution < -0.4 is 4.72 Å². The van der Waals surface area contributed by atoms with E-state index in [1.807, 2.05) is 36.4 Å². The quantitative estimate of drug-likeness (QED) is 0.681. The minimum Gasteiger partial charge on any atom is -0.374 e. The Bertz CT molecular complexity index is 1060. The highest BCUT2D eigenvalue weighted by atomic mass is 32.2. The van der Waals surface area contributed by atoms with Crippen LogP contribution in [0, 0.1) is 0 Å². The molecular weight excluding hydrogens is 448 g/mol. The first-order chi connectivity index (χ1) is 15.8. The van der Waals surface area contributed by atoms with Crippen molar-refractivity contribution in [1.29, 1.82) is 0 Å². The van der Waals surface area contributed by atoms with Crippen LogP contribution >= 0.6 is 0 Å². The highest BCUT2D eigenvalue weighted by Crippen LogP contribution is 2.33. The molecule has 1 aromatic carbocycles. The number of rotatable bonds is 3. The van der Waals surface area contributed by atoms with Crippen LogP contribution in [0.3, 0.4) is 0 Å². The number of aryl methyl sites for hydroxylation is 1. The number of fused-ring (bicyclic) bond motifs is 5.